The Morgan fingerprint density at radius 1 is 0.944 bits per heavy atom. The van der Waals surface area contributed by atoms with Crippen LogP contribution in [0.1, 0.15) is 32.1 Å². The van der Waals surface area contributed by atoms with Gasteiger partial charge in [0.25, 0.3) is 0 Å². The van der Waals surface area contributed by atoms with Crippen molar-refractivity contribution in [2.24, 2.45) is 0 Å². The summed E-state index contributed by atoms with van der Waals surface area (Å²) < 4.78 is 15.5. The Bertz CT molecular complexity index is 1280. The number of methoxy groups -OCH3 is 3. The van der Waals surface area contributed by atoms with Crippen molar-refractivity contribution in [3.8, 4) is 5.75 Å². The van der Waals surface area contributed by atoms with E-state index in [1.165, 1.54) is 20.3 Å². The molecule has 3 aromatic rings. The van der Waals surface area contributed by atoms with Crippen LogP contribution in [0.5, 0.6) is 5.75 Å². The molecule has 0 aliphatic carbocycles. The second-order valence-corrected chi connectivity index (χ2v) is 9.36. The van der Waals surface area contributed by atoms with Gasteiger partial charge in [0.05, 0.1) is 41.6 Å². The van der Waals surface area contributed by atoms with E-state index in [-0.39, 0.29) is 21.7 Å². The third-order valence-electron chi connectivity index (χ3n) is 4.55. The fourth-order valence-corrected chi connectivity index (χ4v) is 4.06. The van der Waals surface area contributed by atoms with Gasteiger partial charge >= 0.3 is 11.9 Å². The molecule has 0 amide bonds. The largest absolute Gasteiger partial charge is 0.496 e. The molecular formula is C23H22Br2Cl2N4O5. The third-order valence-corrected chi connectivity index (χ3v) is 6.57. The van der Waals surface area contributed by atoms with Gasteiger partial charge in [0.15, 0.2) is 11.4 Å². The topological polar surface area (TPSA) is 126 Å². The van der Waals surface area contributed by atoms with E-state index in [4.69, 9.17) is 38.4 Å². The molecule has 0 radical (unpaired) electrons. The number of nitrogen functional groups attached to an aromatic ring is 1. The Morgan fingerprint density at radius 3 is 2.06 bits per heavy atom. The number of aryl methyl sites for hydroxylation is 1. The van der Waals surface area contributed by atoms with Crippen LogP contribution in [0.2, 0.25) is 10.3 Å². The number of ether oxygens (including phenoxy) is 3. The molecule has 0 unspecified atom stereocenters. The summed E-state index contributed by atoms with van der Waals surface area (Å²) in [6.45, 7) is 2.50. The average Bonchev–Trinajstić information content (AvgIpc) is 2.86. The van der Waals surface area contributed by atoms with E-state index in [9.17, 15) is 9.59 Å². The normalized spacial score (nSPS) is 10.1. The molecular weight excluding hydrogens is 643 g/mol. The highest BCUT2D eigenvalue weighted by Crippen LogP contribution is 2.30. The minimum Gasteiger partial charge on any atom is -0.496 e. The van der Waals surface area contributed by atoms with Crippen molar-refractivity contribution >= 4 is 78.4 Å². The van der Waals surface area contributed by atoms with Crippen LogP contribution in [0.15, 0.2) is 39.3 Å². The molecule has 3 rings (SSSR count). The summed E-state index contributed by atoms with van der Waals surface area (Å²) in [7, 11) is 4.18. The number of nitrogens with one attached hydrogen (secondary N) is 1. The first kappa shape index (κ1) is 29.6. The van der Waals surface area contributed by atoms with Gasteiger partial charge in [0, 0.05) is 12.1 Å². The molecule has 2 heterocycles. The van der Waals surface area contributed by atoms with Gasteiger partial charge < -0.3 is 25.3 Å². The molecule has 0 atom stereocenters. The highest BCUT2D eigenvalue weighted by Gasteiger charge is 2.18. The first-order valence-electron chi connectivity index (χ1n) is 10.0. The summed E-state index contributed by atoms with van der Waals surface area (Å²) in [6.07, 6.45) is 0. The van der Waals surface area contributed by atoms with Crippen molar-refractivity contribution in [1.29, 1.82) is 0 Å². The zero-order chi connectivity index (χ0) is 27.0. The second kappa shape index (κ2) is 13.6. The van der Waals surface area contributed by atoms with Crippen LogP contribution in [-0.2, 0) is 16.0 Å². The van der Waals surface area contributed by atoms with Gasteiger partial charge in [-0.25, -0.2) is 19.6 Å². The summed E-state index contributed by atoms with van der Waals surface area (Å²) >= 11 is 18.1. The summed E-state index contributed by atoms with van der Waals surface area (Å²) in [5, 5.41) is 3.58. The number of aromatic nitrogens is 2. The molecule has 3 N–H and O–H groups in total. The van der Waals surface area contributed by atoms with Crippen LogP contribution in [0.3, 0.4) is 0 Å². The Kier molecular flexibility index (Phi) is 11.2. The third kappa shape index (κ3) is 7.70. The highest BCUT2D eigenvalue weighted by atomic mass is 79.9. The van der Waals surface area contributed by atoms with Crippen molar-refractivity contribution in [1.82, 2.24) is 9.97 Å². The maximum Gasteiger partial charge on any atom is 0.357 e. The number of carbonyl (C=O) groups is 2. The molecule has 2 aromatic heterocycles. The zero-order valence-electron chi connectivity index (χ0n) is 19.6. The summed E-state index contributed by atoms with van der Waals surface area (Å²) in [4.78, 5) is 30.6. The summed E-state index contributed by atoms with van der Waals surface area (Å²) in [5.41, 5.74) is 8.83. The lowest BCUT2D eigenvalue weighted by molar-refractivity contribution is 0.0584. The maximum absolute atomic E-state index is 11.7. The Hall–Kier alpha value is -2.60. The number of esters is 2. The van der Waals surface area contributed by atoms with Crippen LogP contribution < -0.4 is 15.8 Å². The van der Waals surface area contributed by atoms with E-state index in [1.807, 2.05) is 25.1 Å². The molecule has 0 aliphatic heterocycles. The van der Waals surface area contributed by atoms with Crippen molar-refractivity contribution < 1.29 is 23.8 Å². The predicted molar refractivity (Wildman–Crippen MR) is 146 cm³/mol. The number of rotatable bonds is 6. The number of anilines is 2. The smallest absolute Gasteiger partial charge is 0.357 e. The number of benzene rings is 1. The van der Waals surface area contributed by atoms with E-state index in [1.54, 1.807) is 13.2 Å². The molecule has 13 heteroatoms. The maximum atomic E-state index is 11.7. The molecule has 192 valence electrons. The van der Waals surface area contributed by atoms with Crippen LogP contribution in [0.4, 0.5) is 11.4 Å². The molecule has 0 saturated heterocycles. The van der Waals surface area contributed by atoms with Gasteiger partial charge in [-0.05, 0) is 62.5 Å². The van der Waals surface area contributed by atoms with E-state index in [0.29, 0.717) is 26.9 Å². The van der Waals surface area contributed by atoms with Gasteiger partial charge in [-0.2, -0.15) is 0 Å². The summed E-state index contributed by atoms with van der Waals surface area (Å²) in [6, 6.07) is 9.04. The zero-order valence-corrected chi connectivity index (χ0v) is 24.3. The lowest BCUT2D eigenvalue weighted by Gasteiger charge is -2.14. The number of nitrogens with zero attached hydrogens (tertiary/aromatic N) is 2. The minimum absolute atomic E-state index is 0.0764. The molecule has 0 saturated carbocycles. The quantitative estimate of drug-likeness (QED) is 0.238. The van der Waals surface area contributed by atoms with Gasteiger partial charge in [-0.3, -0.25) is 0 Å². The fourth-order valence-electron chi connectivity index (χ4n) is 2.80. The molecule has 0 aliphatic rings. The molecule has 36 heavy (non-hydrogen) atoms. The van der Waals surface area contributed by atoms with Crippen molar-refractivity contribution in [2.75, 3.05) is 32.4 Å². The number of carbonyl (C=O) groups excluding carboxylic acids is 2. The Labute approximate surface area is 234 Å². The van der Waals surface area contributed by atoms with Crippen LogP contribution in [0.25, 0.3) is 0 Å². The SMILES string of the molecule is COC(=O)c1nc(Cl)cc(N)c1Br.COC(=O)c1nc(Cl)cc(NCc2ccc(C)cc2OC)c1Br. The predicted octanol–water partition coefficient (Wildman–Crippen LogP) is 6.08. The van der Waals surface area contributed by atoms with Crippen molar-refractivity contribution in [3.05, 3.63) is 72.1 Å². The van der Waals surface area contributed by atoms with E-state index in [2.05, 4.69) is 51.9 Å². The number of halogens is 4. The van der Waals surface area contributed by atoms with E-state index < -0.39 is 11.9 Å². The molecule has 0 fully saturated rings. The molecule has 0 bridgehead atoms. The summed E-state index contributed by atoms with van der Waals surface area (Å²) in [5.74, 6) is -0.349. The van der Waals surface area contributed by atoms with Crippen LogP contribution in [0, 0.1) is 6.92 Å². The van der Waals surface area contributed by atoms with Crippen molar-refractivity contribution in [3.63, 3.8) is 0 Å². The second-order valence-electron chi connectivity index (χ2n) is 7.00. The van der Waals surface area contributed by atoms with Crippen LogP contribution in [-0.4, -0.2) is 43.2 Å². The minimum atomic E-state index is -0.582. The van der Waals surface area contributed by atoms with Gasteiger partial charge in [-0.1, -0.05) is 35.3 Å². The number of pyridine rings is 2. The van der Waals surface area contributed by atoms with Gasteiger partial charge in [0.1, 0.15) is 16.1 Å². The monoisotopic (exact) mass is 662 g/mol. The number of nitrogens with two attached hydrogens (primary N) is 1. The molecule has 1 aromatic carbocycles. The Morgan fingerprint density at radius 2 is 1.50 bits per heavy atom. The highest BCUT2D eigenvalue weighted by molar-refractivity contribution is 9.11. The molecule has 9 nitrogen and oxygen atoms in total. The lowest BCUT2D eigenvalue weighted by Crippen LogP contribution is -2.09. The fraction of sp³-hybridized carbons (Fsp3) is 0.217. The number of hydrogen-bond acceptors (Lipinski definition) is 9. The first-order valence-corrected chi connectivity index (χ1v) is 12.4. The average molecular weight is 665 g/mol. The first-order chi connectivity index (χ1) is 17.0. The van der Waals surface area contributed by atoms with E-state index >= 15 is 0 Å². The number of hydrogen-bond donors (Lipinski definition) is 2. The van der Waals surface area contributed by atoms with Crippen LogP contribution >= 0.6 is 55.1 Å². The van der Waals surface area contributed by atoms with E-state index in [0.717, 1.165) is 16.9 Å². The van der Waals surface area contributed by atoms with Crippen molar-refractivity contribution in [2.45, 2.75) is 13.5 Å². The van der Waals surface area contributed by atoms with Gasteiger partial charge in [-0.15, -0.1) is 0 Å². The molecule has 0 spiro atoms. The Balaban J connectivity index is 0.000000297. The standard InChI is InChI=1S/C16H16BrClN2O3.C7H6BrClN2O2/c1-9-4-5-10(12(6-9)22-2)8-19-11-7-13(18)20-15(14(11)17)16(21)23-3;1-13-7(12)6-5(8)3(10)2-4(9)11-6/h4-7H,8H2,1-3H3,(H,19,20);2H,1H3,(H2,10,11). The van der Waals surface area contributed by atoms with Gasteiger partial charge in [0.2, 0.25) is 0 Å². The lowest BCUT2D eigenvalue weighted by atomic mass is 10.1.